The number of rotatable bonds is 3. The van der Waals surface area contributed by atoms with E-state index in [1.54, 1.807) is 6.21 Å². The lowest BCUT2D eigenvalue weighted by molar-refractivity contribution is 0.457. The van der Waals surface area contributed by atoms with Crippen molar-refractivity contribution >= 4 is 17.1 Å². The Bertz CT molecular complexity index is 514. The van der Waals surface area contributed by atoms with E-state index < -0.39 is 0 Å². The van der Waals surface area contributed by atoms with Crippen LogP contribution in [0.2, 0.25) is 0 Å². The Morgan fingerprint density at radius 1 is 1.44 bits per heavy atom. The number of benzene rings is 1. The molecule has 0 aliphatic heterocycles. The molecule has 0 aliphatic carbocycles. The maximum Gasteiger partial charge on any atom is 0.198 e. The fourth-order valence-corrected chi connectivity index (χ4v) is 1.59. The van der Waals surface area contributed by atoms with Crippen LogP contribution in [0.15, 0.2) is 29.3 Å². The molecule has 3 nitrogen and oxygen atoms in total. The number of nitrogens with one attached hydrogen (secondary N) is 1. The number of hydrogen-bond acceptors (Lipinski definition) is 2. The quantitative estimate of drug-likeness (QED) is 0.761. The molecule has 16 heavy (non-hydrogen) atoms. The van der Waals surface area contributed by atoms with Gasteiger partial charge in [-0.3, -0.25) is 4.99 Å². The molecule has 0 saturated carbocycles. The fraction of sp³-hybridized carbons (Fsp3) is 0.308. The van der Waals surface area contributed by atoms with E-state index in [0.29, 0.717) is 0 Å². The number of aliphatic imine (C=N–C) groups is 1. The number of para-hydroxylation sites is 1. The van der Waals surface area contributed by atoms with Gasteiger partial charge in [0.05, 0.1) is 5.56 Å². The van der Waals surface area contributed by atoms with Crippen molar-refractivity contribution in [3.05, 3.63) is 29.8 Å². The summed E-state index contributed by atoms with van der Waals surface area (Å²) in [5.74, 6) is 0.188. The molecule has 0 saturated heterocycles. The Kier molecular flexibility index (Phi) is 2.95. The maximum absolute atomic E-state index is 9.77. The number of H-pyrrole nitrogens is 1. The summed E-state index contributed by atoms with van der Waals surface area (Å²) in [4.78, 5) is 7.32. The van der Waals surface area contributed by atoms with Gasteiger partial charge in [0, 0.05) is 23.2 Å². The summed E-state index contributed by atoms with van der Waals surface area (Å²) in [6.07, 6.45) is 2.75. The van der Waals surface area contributed by atoms with Crippen LogP contribution >= 0.6 is 0 Å². The predicted molar refractivity (Wildman–Crippen MR) is 67.3 cm³/mol. The lowest BCUT2D eigenvalue weighted by Crippen LogP contribution is -1.95. The van der Waals surface area contributed by atoms with Gasteiger partial charge >= 0.3 is 0 Å². The Hall–Kier alpha value is -1.77. The third kappa shape index (κ3) is 1.94. The number of aromatic hydroxyl groups is 1. The molecule has 1 atom stereocenters. The van der Waals surface area contributed by atoms with E-state index in [2.05, 4.69) is 23.8 Å². The van der Waals surface area contributed by atoms with Crippen LogP contribution in [0.3, 0.4) is 0 Å². The zero-order valence-electron chi connectivity index (χ0n) is 9.57. The molecule has 1 aromatic carbocycles. The van der Waals surface area contributed by atoms with Crippen LogP contribution in [0.5, 0.6) is 5.88 Å². The minimum atomic E-state index is 0.188. The van der Waals surface area contributed by atoms with Gasteiger partial charge in [-0.1, -0.05) is 25.1 Å². The fourth-order valence-electron chi connectivity index (χ4n) is 1.59. The molecule has 0 radical (unpaired) electrons. The highest BCUT2D eigenvalue weighted by Gasteiger charge is 2.07. The van der Waals surface area contributed by atoms with Crippen molar-refractivity contribution in [1.82, 2.24) is 4.98 Å². The summed E-state index contributed by atoms with van der Waals surface area (Å²) >= 11 is 0. The molecule has 0 bridgehead atoms. The molecule has 84 valence electrons. The van der Waals surface area contributed by atoms with Crippen molar-refractivity contribution in [2.24, 2.45) is 4.99 Å². The molecular weight excluding hydrogens is 200 g/mol. The molecule has 2 aromatic rings. The number of hydrogen-bond donors (Lipinski definition) is 2. The van der Waals surface area contributed by atoms with E-state index in [1.807, 2.05) is 24.3 Å². The van der Waals surface area contributed by atoms with Gasteiger partial charge in [-0.05, 0) is 19.4 Å². The average Bonchev–Trinajstić information content (AvgIpc) is 2.62. The van der Waals surface area contributed by atoms with Crippen molar-refractivity contribution in [3.8, 4) is 5.88 Å². The molecule has 2 rings (SSSR count). The molecule has 2 N–H and O–H groups in total. The Labute approximate surface area is 94.8 Å². The molecule has 0 amide bonds. The van der Waals surface area contributed by atoms with Gasteiger partial charge in [0.15, 0.2) is 5.88 Å². The van der Waals surface area contributed by atoms with E-state index in [0.717, 1.165) is 22.9 Å². The average molecular weight is 216 g/mol. The minimum Gasteiger partial charge on any atom is -0.494 e. The van der Waals surface area contributed by atoms with Crippen molar-refractivity contribution < 1.29 is 5.11 Å². The van der Waals surface area contributed by atoms with Gasteiger partial charge in [0.1, 0.15) is 0 Å². The smallest absolute Gasteiger partial charge is 0.198 e. The van der Waals surface area contributed by atoms with Gasteiger partial charge in [0.25, 0.3) is 0 Å². The zero-order valence-corrected chi connectivity index (χ0v) is 9.57. The molecule has 1 unspecified atom stereocenters. The summed E-state index contributed by atoms with van der Waals surface area (Å²) in [5, 5.41) is 10.8. The Balaban J connectivity index is 2.43. The van der Waals surface area contributed by atoms with E-state index in [-0.39, 0.29) is 11.9 Å². The molecule has 1 aromatic heterocycles. The van der Waals surface area contributed by atoms with Crippen LogP contribution in [-0.2, 0) is 0 Å². The van der Waals surface area contributed by atoms with Crippen LogP contribution in [0.25, 0.3) is 10.9 Å². The number of aromatic amines is 1. The van der Waals surface area contributed by atoms with Crippen LogP contribution < -0.4 is 0 Å². The predicted octanol–water partition coefficient (Wildman–Crippen LogP) is 3.09. The lowest BCUT2D eigenvalue weighted by Gasteiger charge is -1.99. The Morgan fingerprint density at radius 3 is 2.94 bits per heavy atom. The van der Waals surface area contributed by atoms with Crippen LogP contribution in [0.1, 0.15) is 25.8 Å². The van der Waals surface area contributed by atoms with Crippen LogP contribution in [-0.4, -0.2) is 22.3 Å². The highest BCUT2D eigenvalue weighted by molar-refractivity contribution is 6.01. The van der Waals surface area contributed by atoms with Gasteiger partial charge in [-0.2, -0.15) is 0 Å². The largest absolute Gasteiger partial charge is 0.494 e. The number of nitrogens with zero attached hydrogens (tertiary/aromatic N) is 1. The number of fused-ring (bicyclic) bond motifs is 1. The Morgan fingerprint density at radius 2 is 2.19 bits per heavy atom. The standard InChI is InChI=1S/C13H16N2O/c1-3-9(2)14-8-11-10-6-4-5-7-12(10)15-13(11)16/h4-9,15-16H,3H2,1-2H3. The first-order valence-corrected chi connectivity index (χ1v) is 5.55. The van der Waals surface area contributed by atoms with Crippen molar-refractivity contribution in [2.45, 2.75) is 26.3 Å². The number of aromatic nitrogens is 1. The summed E-state index contributed by atoms with van der Waals surface area (Å²) in [6.45, 7) is 4.15. The summed E-state index contributed by atoms with van der Waals surface area (Å²) < 4.78 is 0. The summed E-state index contributed by atoms with van der Waals surface area (Å²) in [7, 11) is 0. The summed E-state index contributed by atoms with van der Waals surface area (Å²) in [5.41, 5.74) is 1.71. The highest BCUT2D eigenvalue weighted by Crippen LogP contribution is 2.25. The van der Waals surface area contributed by atoms with Crippen LogP contribution in [0, 0.1) is 0 Å². The first kappa shape index (κ1) is 10.7. The monoisotopic (exact) mass is 216 g/mol. The highest BCUT2D eigenvalue weighted by atomic mass is 16.3. The van der Waals surface area contributed by atoms with Crippen molar-refractivity contribution in [2.75, 3.05) is 0 Å². The topological polar surface area (TPSA) is 48.4 Å². The van der Waals surface area contributed by atoms with Gasteiger partial charge in [0.2, 0.25) is 0 Å². The third-order valence-corrected chi connectivity index (χ3v) is 2.77. The van der Waals surface area contributed by atoms with E-state index in [9.17, 15) is 5.11 Å². The van der Waals surface area contributed by atoms with E-state index in [1.165, 1.54) is 0 Å². The first-order valence-electron chi connectivity index (χ1n) is 5.55. The van der Waals surface area contributed by atoms with E-state index >= 15 is 0 Å². The molecule has 0 fully saturated rings. The molecule has 0 spiro atoms. The van der Waals surface area contributed by atoms with Gasteiger partial charge < -0.3 is 10.1 Å². The summed E-state index contributed by atoms with van der Waals surface area (Å²) in [6, 6.07) is 8.09. The van der Waals surface area contributed by atoms with Crippen molar-refractivity contribution in [1.29, 1.82) is 0 Å². The second kappa shape index (κ2) is 4.39. The third-order valence-electron chi connectivity index (χ3n) is 2.77. The molecule has 0 aliphatic rings. The van der Waals surface area contributed by atoms with Gasteiger partial charge in [-0.25, -0.2) is 0 Å². The first-order chi connectivity index (χ1) is 7.72. The second-order valence-electron chi connectivity index (χ2n) is 3.97. The van der Waals surface area contributed by atoms with E-state index in [4.69, 9.17) is 0 Å². The molecule has 1 heterocycles. The van der Waals surface area contributed by atoms with Crippen molar-refractivity contribution in [3.63, 3.8) is 0 Å². The maximum atomic E-state index is 9.77. The minimum absolute atomic E-state index is 0.188. The SMILES string of the molecule is CCC(C)N=Cc1c(O)[nH]c2ccccc12. The molecular formula is C13H16N2O. The second-order valence-corrected chi connectivity index (χ2v) is 3.97. The van der Waals surface area contributed by atoms with Gasteiger partial charge in [-0.15, -0.1) is 0 Å². The van der Waals surface area contributed by atoms with Crippen LogP contribution in [0.4, 0.5) is 0 Å². The normalized spacial score (nSPS) is 13.6. The zero-order chi connectivity index (χ0) is 11.5. The lowest BCUT2D eigenvalue weighted by atomic mass is 10.2. The molecule has 3 heteroatoms.